The van der Waals surface area contributed by atoms with Crippen molar-refractivity contribution < 1.29 is 19.0 Å². The van der Waals surface area contributed by atoms with E-state index < -0.39 is 0 Å². The van der Waals surface area contributed by atoms with Crippen LogP contribution in [0.3, 0.4) is 0 Å². The molecule has 1 N–H and O–H groups in total. The number of hydrogen-bond acceptors (Lipinski definition) is 5. The van der Waals surface area contributed by atoms with Crippen LogP contribution < -0.4 is 19.5 Å². The molecular formula is C26H27N3O4. The van der Waals surface area contributed by atoms with Gasteiger partial charge in [-0.2, -0.15) is 0 Å². The zero-order chi connectivity index (χ0) is 23.2. The fraction of sp³-hybridized carbons (Fsp3) is 0.231. The van der Waals surface area contributed by atoms with Gasteiger partial charge < -0.3 is 24.1 Å². The Morgan fingerprint density at radius 2 is 1.64 bits per heavy atom. The normalized spacial score (nSPS) is 11.7. The molecule has 1 unspecified atom stereocenters. The molecule has 1 aromatic heterocycles. The molecule has 0 radical (unpaired) electrons. The molecule has 33 heavy (non-hydrogen) atoms. The van der Waals surface area contributed by atoms with Gasteiger partial charge in [-0.1, -0.05) is 24.3 Å². The van der Waals surface area contributed by atoms with E-state index in [9.17, 15) is 4.79 Å². The minimum Gasteiger partial charge on any atom is -0.497 e. The fourth-order valence-corrected chi connectivity index (χ4v) is 3.73. The van der Waals surface area contributed by atoms with E-state index in [0.29, 0.717) is 36.0 Å². The summed E-state index contributed by atoms with van der Waals surface area (Å²) in [5, 5.41) is 3.05. The molecule has 1 heterocycles. The first-order valence-corrected chi connectivity index (χ1v) is 10.8. The summed E-state index contributed by atoms with van der Waals surface area (Å²) in [5.74, 6) is 2.67. The van der Waals surface area contributed by atoms with Gasteiger partial charge in [0.1, 0.15) is 18.2 Å². The minimum atomic E-state index is -0.307. The summed E-state index contributed by atoms with van der Waals surface area (Å²) in [6.07, 6.45) is 0. The monoisotopic (exact) mass is 445 g/mol. The van der Waals surface area contributed by atoms with Crippen LogP contribution in [-0.4, -0.2) is 36.3 Å². The Morgan fingerprint density at radius 3 is 2.36 bits per heavy atom. The van der Waals surface area contributed by atoms with Gasteiger partial charge in [-0.3, -0.25) is 4.79 Å². The summed E-state index contributed by atoms with van der Waals surface area (Å²) < 4.78 is 18.6. The highest BCUT2D eigenvalue weighted by molar-refractivity contribution is 5.94. The largest absolute Gasteiger partial charge is 0.497 e. The number of carbonyl (C=O) groups is 1. The van der Waals surface area contributed by atoms with Crippen LogP contribution in [0.5, 0.6) is 17.2 Å². The SMILES string of the molecule is COc1ccc(C(=O)NC(C)c2nc3ccccc3n2CCOc2ccccc2OC)cc1. The zero-order valence-electron chi connectivity index (χ0n) is 18.9. The smallest absolute Gasteiger partial charge is 0.251 e. The highest BCUT2D eigenvalue weighted by Gasteiger charge is 2.19. The van der Waals surface area contributed by atoms with Crippen molar-refractivity contribution in [2.75, 3.05) is 20.8 Å². The lowest BCUT2D eigenvalue weighted by molar-refractivity contribution is 0.0937. The van der Waals surface area contributed by atoms with Crippen LogP contribution in [0.2, 0.25) is 0 Å². The quantitative estimate of drug-likeness (QED) is 0.407. The summed E-state index contributed by atoms with van der Waals surface area (Å²) in [6.45, 7) is 2.92. The maximum atomic E-state index is 12.8. The van der Waals surface area contributed by atoms with Gasteiger partial charge >= 0.3 is 0 Å². The van der Waals surface area contributed by atoms with E-state index in [2.05, 4.69) is 9.88 Å². The number of methoxy groups -OCH3 is 2. The fourth-order valence-electron chi connectivity index (χ4n) is 3.73. The van der Waals surface area contributed by atoms with Gasteiger partial charge in [0.05, 0.1) is 37.8 Å². The third kappa shape index (κ3) is 4.92. The topological polar surface area (TPSA) is 74.6 Å². The minimum absolute atomic E-state index is 0.172. The van der Waals surface area contributed by atoms with E-state index in [4.69, 9.17) is 19.2 Å². The number of benzene rings is 3. The van der Waals surface area contributed by atoms with E-state index in [0.717, 1.165) is 16.9 Å². The summed E-state index contributed by atoms with van der Waals surface area (Å²) >= 11 is 0. The lowest BCUT2D eigenvalue weighted by Crippen LogP contribution is -2.29. The molecule has 0 bridgehead atoms. The molecule has 0 aliphatic heterocycles. The van der Waals surface area contributed by atoms with E-state index in [-0.39, 0.29) is 11.9 Å². The second kappa shape index (κ2) is 10.1. The molecule has 4 aromatic rings. The number of para-hydroxylation sites is 4. The van der Waals surface area contributed by atoms with E-state index in [1.54, 1.807) is 38.5 Å². The van der Waals surface area contributed by atoms with Crippen LogP contribution in [0.4, 0.5) is 0 Å². The second-order valence-corrected chi connectivity index (χ2v) is 7.53. The number of nitrogens with one attached hydrogen (secondary N) is 1. The molecule has 0 saturated heterocycles. The second-order valence-electron chi connectivity index (χ2n) is 7.53. The van der Waals surface area contributed by atoms with Crippen LogP contribution in [0.15, 0.2) is 72.8 Å². The molecule has 0 aliphatic rings. The van der Waals surface area contributed by atoms with Crippen molar-refractivity contribution in [3.8, 4) is 17.2 Å². The van der Waals surface area contributed by atoms with E-state index in [1.807, 2.05) is 55.5 Å². The lowest BCUT2D eigenvalue weighted by Gasteiger charge is -2.17. The summed E-state index contributed by atoms with van der Waals surface area (Å²) in [5.41, 5.74) is 2.42. The highest BCUT2D eigenvalue weighted by Crippen LogP contribution is 2.26. The molecular weight excluding hydrogens is 418 g/mol. The van der Waals surface area contributed by atoms with Crippen molar-refractivity contribution >= 4 is 16.9 Å². The molecule has 7 nitrogen and oxygen atoms in total. The van der Waals surface area contributed by atoms with Crippen LogP contribution in [0.1, 0.15) is 29.1 Å². The molecule has 0 aliphatic carbocycles. The average molecular weight is 446 g/mol. The maximum Gasteiger partial charge on any atom is 0.251 e. The maximum absolute atomic E-state index is 12.8. The van der Waals surface area contributed by atoms with E-state index >= 15 is 0 Å². The predicted molar refractivity (Wildman–Crippen MR) is 127 cm³/mol. The molecule has 4 rings (SSSR count). The van der Waals surface area contributed by atoms with Gasteiger partial charge in [0, 0.05) is 5.56 Å². The van der Waals surface area contributed by atoms with Gasteiger partial charge in [0.2, 0.25) is 0 Å². The number of imidazole rings is 1. The number of ether oxygens (including phenoxy) is 3. The average Bonchev–Trinajstić information content (AvgIpc) is 3.23. The van der Waals surface area contributed by atoms with Crippen molar-refractivity contribution in [3.05, 3.63) is 84.2 Å². The number of fused-ring (bicyclic) bond motifs is 1. The number of amides is 1. The van der Waals surface area contributed by atoms with Gasteiger partial charge in [-0.15, -0.1) is 0 Å². The number of hydrogen-bond donors (Lipinski definition) is 1. The van der Waals surface area contributed by atoms with Gasteiger partial charge in [-0.25, -0.2) is 4.98 Å². The molecule has 3 aromatic carbocycles. The number of aromatic nitrogens is 2. The Bertz CT molecular complexity index is 1230. The van der Waals surface area contributed by atoms with Crippen molar-refractivity contribution in [3.63, 3.8) is 0 Å². The Morgan fingerprint density at radius 1 is 0.939 bits per heavy atom. The van der Waals surface area contributed by atoms with Gasteiger partial charge in [0.15, 0.2) is 11.5 Å². The molecule has 0 spiro atoms. The van der Waals surface area contributed by atoms with Crippen LogP contribution in [-0.2, 0) is 6.54 Å². The Hall–Kier alpha value is -4.00. The third-order valence-corrected chi connectivity index (χ3v) is 5.41. The van der Waals surface area contributed by atoms with Crippen molar-refractivity contribution in [2.24, 2.45) is 0 Å². The highest BCUT2D eigenvalue weighted by atomic mass is 16.5. The zero-order valence-corrected chi connectivity index (χ0v) is 18.9. The molecule has 1 atom stereocenters. The first-order valence-electron chi connectivity index (χ1n) is 10.8. The van der Waals surface area contributed by atoms with Crippen LogP contribution in [0, 0.1) is 0 Å². The predicted octanol–water partition coefficient (Wildman–Crippen LogP) is 4.62. The molecule has 170 valence electrons. The standard InChI is InChI=1S/C26H27N3O4/c1-18(27-26(30)19-12-14-20(31-2)15-13-19)25-28-21-8-4-5-9-22(21)29(25)16-17-33-24-11-7-6-10-23(24)32-3/h4-15,18H,16-17H2,1-3H3,(H,27,30). The van der Waals surface area contributed by atoms with E-state index in [1.165, 1.54) is 0 Å². The third-order valence-electron chi connectivity index (χ3n) is 5.41. The Kier molecular flexibility index (Phi) is 6.78. The molecule has 0 fully saturated rings. The van der Waals surface area contributed by atoms with Crippen molar-refractivity contribution in [1.29, 1.82) is 0 Å². The number of rotatable bonds is 9. The molecule has 0 saturated carbocycles. The Balaban J connectivity index is 1.53. The summed E-state index contributed by atoms with van der Waals surface area (Å²) in [7, 11) is 3.22. The summed E-state index contributed by atoms with van der Waals surface area (Å²) in [6, 6.07) is 22.2. The van der Waals surface area contributed by atoms with Crippen LogP contribution in [0.25, 0.3) is 11.0 Å². The lowest BCUT2D eigenvalue weighted by atomic mass is 10.2. The van der Waals surface area contributed by atoms with Gasteiger partial charge in [-0.05, 0) is 55.5 Å². The molecule has 7 heteroatoms. The first-order chi connectivity index (χ1) is 16.1. The van der Waals surface area contributed by atoms with Gasteiger partial charge in [0.25, 0.3) is 5.91 Å². The molecule has 1 amide bonds. The van der Waals surface area contributed by atoms with Crippen molar-refractivity contribution in [1.82, 2.24) is 14.9 Å². The number of nitrogens with zero attached hydrogens (tertiary/aromatic N) is 2. The van der Waals surface area contributed by atoms with Crippen molar-refractivity contribution in [2.45, 2.75) is 19.5 Å². The number of carbonyl (C=O) groups excluding carboxylic acids is 1. The first kappa shape index (κ1) is 22.2. The summed E-state index contributed by atoms with van der Waals surface area (Å²) in [4.78, 5) is 17.6. The Labute approximate surface area is 192 Å². The van der Waals surface area contributed by atoms with Crippen LogP contribution >= 0.6 is 0 Å².